The maximum atomic E-state index is 13.8. The summed E-state index contributed by atoms with van der Waals surface area (Å²) < 4.78 is 29.9. The molecule has 0 unspecified atom stereocenters. The van der Waals surface area contributed by atoms with E-state index in [1.807, 2.05) is 6.92 Å². The van der Waals surface area contributed by atoms with Crippen molar-refractivity contribution >= 4 is 11.8 Å². The molecule has 220 valence electrons. The number of hydrogen-bond acceptors (Lipinski definition) is 8. The molecule has 0 aliphatic heterocycles. The molecule has 2 aromatic carbocycles. The fourth-order valence-corrected chi connectivity index (χ4v) is 4.96. The summed E-state index contributed by atoms with van der Waals surface area (Å²) in [5.41, 5.74) is 1.15. The van der Waals surface area contributed by atoms with Crippen molar-refractivity contribution in [1.29, 1.82) is 0 Å². The maximum Gasteiger partial charge on any atom is 0.247 e. The molecule has 1 aliphatic rings. The Morgan fingerprint density at radius 1 is 1.10 bits per heavy atom. The Hall–Kier alpha value is -4.06. The van der Waals surface area contributed by atoms with E-state index in [4.69, 9.17) is 14.2 Å². The first kappa shape index (κ1) is 29.9. The molecule has 1 aliphatic carbocycles. The average Bonchev–Trinajstić information content (AvgIpc) is 3.67. The predicted molar refractivity (Wildman–Crippen MR) is 149 cm³/mol. The first-order valence-corrected chi connectivity index (χ1v) is 13.9. The highest BCUT2D eigenvalue weighted by Gasteiger charge is 2.33. The van der Waals surface area contributed by atoms with Gasteiger partial charge in [-0.2, -0.15) is 4.80 Å². The fourth-order valence-electron chi connectivity index (χ4n) is 4.96. The third-order valence-electron chi connectivity index (χ3n) is 7.03. The summed E-state index contributed by atoms with van der Waals surface area (Å²) in [7, 11) is 3.08. The molecule has 3 aromatic rings. The smallest absolute Gasteiger partial charge is 0.247 e. The highest BCUT2D eigenvalue weighted by Crippen LogP contribution is 2.31. The normalized spacial score (nSPS) is 14.0. The van der Waals surface area contributed by atoms with E-state index < -0.39 is 11.9 Å². The van der Waals surface area contributed by atoms with Gasteiger partial charge in [-0.1, -0.05) is 25.0 Å². The van der Waals surface area contributed by atoms with Crippen molar-refractivity contribution in [2.24, 2.45) is 0 Å². The van der Waals surface area contributed by atoms with Crippen LogP contribution in [-0.2, 0) is 20.9 Å². The summed E-state index contributed by atoms with van der Waals surface area (Å²) in [6, 6.07) is 9.98. The standard InChI is InChI=1S/C29H37FN6O5/c1-4-41-17-7-16-35(27(20-10-13-22(30)14-11-20)29(38)31-23-8-5-6-9-23)26(37)19-36-33-28(32-34-36)21-12-15-24(39-2)25(18-21)40-3/h10-15,18,23,27H,4-9,16-17,19H2,1-3H3,(H,31,38)/t27-/m1/s1. The number of nitrogens with zero attached hydrogens (tertiary/aromatic N) is 5. The van der Waals surface area contributed by atoms with Crippen LogP contribution in [0.5, 0.6) is 11.5 Å². The van der Waals surface area contributed by atoms with Crippen LogP contribution in [0.3, 0.4) is 0 Å². The molecule has 0 saturated heterocycles. The Bertz CT molecular complexity index is 1300. The second kappa shape index (κ2) is 14.5. The number of nitrogens with one attached hydrogen (secondary N) is 1. The van der Waals surface area contributed by atoms with Crippen molar-refractivity contribution in [2.75, 3.05) is 34.0 Å². The van der Waals surface area contributed by atoms with Crippen LogP contribution in [0.4, 0.5) is 4.39 Å². The molecule has 4 rings (SSSR count). The van der Waals surface area contributed by atoms with Crippen molar-refractivity contribution in [1.82, 2.24) is 30.4 Å². The lowest BCUT2D eigenvalue weighted by Gasteiger charge is -2.32. The van der Waals surface area contributed by atoms with Gasteiger partial charge >= 0.3 is 0 Å². The molecule has 1 saturated carbocycles. The zero-order chi connectivity index (χ0) is 29.2. The van der Waals surface area contributed by atoms with Gasteiger partial charge in [0.1, 0.15) is 18.4 Å². The highest BCUT2D eigenvalue weighted by atomic mass is 19.1. The lowest BCUT2D eigenvalue weighted by molar-refractivity contribution is -0.142. The summed E-state index contributed by atoms with van der Waals surface area (Å²) in [6.07, 6.45) is 4.38. The highest BCUT2D eigenvalue weighted by molar-refractivity contribution is 5.89. The van der Waals surface area contributed by atoms with Crippen LogP contribution in [0.1, 0.15) is 50.6 Å². The molecule has 1 aromatic heterocycles. The Morgan fingerprint density at radius 2 is 1.83 bits per heavy atom. The molecule has 0 radical (unpaired) electrons. The molecular weight excluding hydrogens is 531 g/mol. The van der Waals surface area contributed by atoms with Gasteiger partial charge in [0.25, 0.3) is 0 Å². The molecule has 1 atom stereocenters. The Kier molecular flexibility index (Phi) is 10.6. The number of methoxy groups -OCH3 is 2. The topological polar surface area (TPSA) is 121 Å². The first-order valence-electron chi connectivity index (χ1n) is 13.9. The van der Waals surface area contributed by atoms with Crippen molar-refractivity contribution in [2.45, 2.75) is 57.7 Å². The molecular formula is C29H37FN6O5. The number of hydrogen-bond donors (Lipinski definition) is 1. The second-order valence-corrected chi connectivity index (χ2v) is 9.79. The summed E-state index contributed by atoms with van der Waals surface area (Å²) in [5.74, 6) is 0.264. The van der Waals surface area contributed by atoms with E-state index in [2.05, 4.69) is 20.7 Å². The van der Waals surface area contributed by atoms with E-state index in [0.29, 0.717) is 48.1 Å². The number of carbonyl (C=O) groups excluding carboxylic acids is 2. The van der Waals surface area contributed by atoms with Crippen molar-refractivity contribution in [3.05, 3.63) is 53.8 Å². The van der Waals surface area contributed by atoms with Crippen LogP contribution in [0.15, 0.2) is 42.5 Å². The van der Waals surface area contributed by atoms with E-state index >= 15 is 0 Å². The van der Waals surface area contributed by atoms with Crippen LogP contribution in [0.2, 0.25) is 0 Å². The number of rotatable bonds is 14. The summed E-state index contributed by atoms with van der Waals surface area (Å²) >= 11 is 0. The number of benzene rings is 2. The van der Waals surface area contributed by atoms with Gasteiger partial charge in [0.05, 0.1) is 14.2 Å². The van der Waals surface area contributed by atoms with Gasteiger partial charge in [-0.25, -0.2) is 4.39 Å². The van der Waals surface area contributed by atoms with Gasteiger partial charge in [-0.3, -0.25) is 9.59 Å². The van der Waals surface area contributed by atoms with Crippen LogP contribution in [0, 0.1) is 5.82 Å². The zero-order valence-electron chi connectivity index (χ0n) is 23.7. The van der Waals surface area contributed by atoms with E-state index in [1.165, 1.54) is 28.9 Å². The molecule has 1 N–H and O–H groups in total. The largest absolute Gasteiger partial charge is 0.493 e. The maximum absolute atomic E-state index is 13.8. The van der Waals surface area contributed by atoms with Gasteiger partial charge in [0.15, 0.2) is 11.5 Å². The summed E-state index contributed by atoms with van der Waals surface area (Å²) in [6.45, 7) is 2.86. The molecule has 1 fully saturated rings. The monoisotopic (exact) mass is 568 g/mol. The summed E-state index contributed by atoms with van der Waals surface area (Å²) in [4.78, 5) is 30.2. The Balaban J connectivity index is 1.59. The molecule has 1 heterocycles. The minimum atomic E-state index is -0.959. The number of amides is 2. The van der Waals surface area contributed by atoms with E-state index in [9.17, 15) is 14.0 Å². The predicted octanol–water partition coefficient (Wildman–Crippen LogP) is 3.55. The third-order valence-corrected chi connectivity index (χ3v) is 7.03. The van der Waals surface area contributed by atoms with E-state index in [-0.39, 0.29) is 30.9 Å². The van der Waals surface area contributed by atoms with Crippen LogP contribution in [0.25, 0.3) is 11.4 Å². The minimum absolute atomic E-state index is 0.0480. The quantitative estimate of drug-likeness (QED) is 0.293. The number of tetrazole rings is 1. The SMILES string of the molecule is CCOCCCN(C(=O)Cn1nnc(-c2ccc(OC)c(OC)c2)n1)[C@@H](C(=O)NC1CCCC1)c1ccc(F)cc1. The average molecular weight is 569 g/mol. The van der Waals surface area contributed by atoms with Crippen molar-refractivity contribution in [3.63, 3.8) is 0 Å². The van der Waals surface area contributed by atoms with Crippen LogP contribution < -0.4 is 14.8 Å². The van der Waals surface area contributed by atoms with Crippen LogP contribution >= 0.6 is 0 Å². The molecule has 11 nitrogen and oxygen atoms in total. The Morgan fingerprint density at radius 3 is 2.51 bits per heavy atom. The van der Waals surface area contributed by atoms with Crippen molar-refractivity contribution in [3.8, 4) is 22.9 Å². The number of aromatic nitrogens is 4. The second-order valence-electron chi connectivity index (χ2n) is 9.79. The van der Waals surface area contributed by atoms with Crippen molar-refractivity contribution < 1.29 is 28.2 Å². The minimum Gasteiger partial charge on any atom is -0.493 e. The number of carbonyl (C=O) groups is 2. The molecule has 0 spiro atoms. The van der Waals surface area contributed by atoms with E-state index in [1.54, 1.807) is 37.4 Å². The molecule has 12 heteroatoms. The van der Waals surface area contributed by atoms with Crippen LogP contribution in [-0.4, -0.2) is 76.9 Å². The van der Waals surface area contributed by atoms with Gasteiger partial charge in [0, 0.05) is 31.4 Å². The number of halogens is 1. The lowest BCUT2D eigenvalue weighted by Crippen LogP contribution is -2.47. The molecule has 2 amide bonds. The van der Waals surface area contributed by atoms with Gasteiger partial charge in [-0.05, 0) is 67.3 Å². The zero-order valence-corrected chi connectivity index (χ0v) is 23.7. The van der Waals surface area contributed by atoms with Gasteiger partial charge < -0.3 is 24.4 Å². The van der Waals surface area contributed by atoms with Gasteiger partial charge in [0.2, 0.25) is 17.6 Å². The molecule has 41 heavy (non-hydrogen) atoms. The van der Waals surface area contributed by atoms with Gasteiger partial charge in [-0.15, -0.1) is 10.2 Å². The van der Waals surface area contributed by atoms with E-state index in [0.717, 1.165) is 25.7 Å². The first-order chi connectivity index (χ1) is 19.9. The molecule has 0 bridgehead atoms. The summed E-state index contributed by atoms with van der Waals surface area (Å²) in [5, 5.41) is 15.7. The number of ether oxygens (including phenoxy) is 3. The fraction of sp³-hybridized carbons (Fsp3) is 0.483. The lowest BCUT2D eigenvalue weighted by atomic mass is 10.0. The third kappa shape index (κ3) is 7.78. The Labute approximate surface area is 239 Å².